The molecule has 3 nitrogen and oxygen atoms in total. The predicted molar refractivity (Wildman–Crippen MR) is 88.3 cm³/mol. The van der Waals surface area contributed by atoms with Crippen molar-refractivity contribution in [3.8, 4) is 11.5 Å². The number of rotatable bonds is 4. The van der Waals surface area contributed by atoms with Gasteiger partial charge in [-0.3, -0.25) is 4.79 Å². The van der Waals surface area contributed by atoms with Gasteiger partial charge in [-0.25, -0.2) is 0 Å². The Morgan fingerprint density at radius 3 is 2.62 bits per heavy atom. The number of hydrogen-bond acceptors (Lipinski definition) is 5. The van der Waals surface area contributed by atoms with E-state index in [2.05, 4.69) is 0 Å². The molecule has 0 fully saturated rings. The number of hydrogen-bond donors (Lipinski definition) is 0. The summed E-state index contributed by atoms with van der Waals surface area (Å²) in [7, 11) is 3.24. The first-order valence-electron chi connectivity index (χ1n) is 6.42. The summed E-state index contributed by atoms with van der Waals surface area (Å²) in [6.07, 6.45) is 0.714. The average molecular weight is 318 g/mol. The van der Waals surface area contributed by atoms with Gasteiger partial charge < -0.3 is 9.47 Å². The fraction of sp³-hybridized carbons (Fsp3) is 0.188. The van der Waals surface area contributed by atoms with E-state index in [-0.39, 0.29) is 5.43 Å². The molecule has 0 N–H and O–H groups in total. The van der Waals surface area contributed by atoms with E-state index in [0.717, 1.165) is 19.8 Å². The van der Waals surface area contributed by atoms with Crippen LogP contribution < -0.4 is 14.9 Å². The lowest BCUT2D eigenvalue weighted by atomic mass is 10.1. The number of benzene rings is 1. The second-order valence-electron chi connectivity index (χ2n) is 4.56. The van der Waals surface area contributed by atoms with Crippen molar-refractivity contribution < 1.29 is 9.47 Å². The van der Waals surface area contributed by atoms with Gasteiger partial charge in [-0.05, 0) is 29.1 Å². The van der Waals surface area contributed by atoms with E-state index < -0.39 is 0 Å². The summed E-state index contributed by atoms with van der Waals surface area (Å²) in [5, 5.41) is 1.96. The molecule has 0 saturated carbocycles. The van der Waals surface area contributed by atoms with Crippen LogP contribution in [0.2, 0.25) is 0 Å². The van der Waals surface area contributed by atoms with Gasteiger partial charge >= 0.3 is 0 Å². The highest BCUT2D eigenvalue weighted by molar-refractivity contribution is 7.25. The summed E-state index contributed by atoms with van der Waals surface area (Å²) in [4.78, 5) is 13.1. The van der Waals surface area contributed by atoms with E-state index >= 15 is 0 Å². The van der Waals surface area contributed by atoms with Gasteiger partial charge in [0.25, 0.3) is 0 Å². The third-order valence-electron chi connectivity index (χ3n) is 3.21. The van der Waals surface area contributed by atoms with Crippen LogP contribution in [0.25, 0.3) is 9.40 Å². The third-order valence-corrected chi connectivity index (χ3v) is 5.36. The van der Waals surface area contributed by atoms with Crippen molar-refractivity contribution >= 4 is 32.1 Å². The first kappa shape index (κ1) is 14.1. The van der Waals surface area contributed by atoms with E-state index in [4.69, 9.17) is 9.47 Å². The molecule has 108 valence electrons. The van der Waals surface area contributed by atoms with Crippen molar-refractivity contribution in [2.45, 2.75) is 6.42 Å². The summed E-state index contributed by atoms with van der Waals surface area (Å²) in [6, 6.07) is 9.58. The van der Waals surface area contributed by atoms with Crippen molar-refractivity contribution in [3.63, 3.8) is 0 Å². The molecule has 0 spiro atoms. The number of ether oxygens (including phenoxy) is 2. The summed E-state index contributed by atoms with van der Waals surface area (Å²) < 4.78 is 12.5. The normalized spacial score (nSPS) is 10.8. The Balaban J connectivity index is 1.96. The van der Waals surface area contributed by atoms with Crippen LogP contribution in [0.4, 0.5) is 0 Å². The molecule has 21 heavy (non-hydrogen) atoms. The van der Waals surface area contributed by atoms with E-state index in [1.807, 2.05) is 29.6 Å². The van der Waals surface area contributed by atoms with Crippen LogP contribution in [-0.4, -0.2) is 14.2 Å². The number of thiophene rings is 1. The first-order valence-corrected chi connectivity index (χ1v) is 8.12. The van der Waals surface area contributed by atoms with Gasteiger partial charge in [-0.1, -0.05) is 6.07 Å². The lowest BCUT2D eigenvalue weighted by Gasteiger charge is -2.09. The van der Waals surface area contributed by atoms with Crippen molar-refractivity contribution in [3.05, 3.63) is 56.4 Å². The Bertz CT molecular complexity index is 833. The molecule has 1 aromatic carbocycles. The molecule has 2 heterocycles. The molecule has 0 atom stereocenters. The zero-order valence-corrected chi connectivity index (χ0v) is 13.3. The molecular formula is C16H14O3S2. The second-order valence-corrected chi connectivity index (χ2v) is 6.64. The SMILES string of the molecule is COc1ccc(Cc2cc(=O)c3sccc3s2)cc1OC. The van der Waals surface area contributed by atoms with Gasteiger partial charge in [0.1, 0.15) is 0 Å². The fourth-order valence-electron chi connectivity index (χ4n) is 2.22. The van der Waals surface area contributed by atoms with Gasteiger partial charge in [-0.15, -0.1) is 22.7 Å². The van der Waals surface area contributed by atoms with Crippen molar-refractivity contribution in [1.29, 1.82) is 0 Å². The van der Waals surface area contributed by atoms with Gasteiger partial charge in [-0.2, -0.15) is 0 Å². The Morgan fingerprint density at radius 1 is 1.05 bits per heavy atom. The Kier molecular flexibility index (Phi) is 3.94. The molecule has 5 heteroatoms. The van der Waals surface area contributed by atoms with Crippen LogP contribution in [0, 0.1) is 0 Å². The molecule has 0 saturated heterocycles. The van der Waals surface area contributed by atoms with Gasteiger partial charge in [0.15, 0.2) is 16.9 Å². The van der Waals surface area contributed by atoms with Crippen LogP contribution in [0.5, 0.6) is 11.5 Å². The van der Waals surface area contributed by atoms with Crippen molar-refractivity contribution in [2.24, 2.45) is 0 Å². The van der Waals surface area contributed by atoms with Crippen LogP contribution in [0.15, 0.2) is 40.5 Å². The highest BCUT2D eigenvalue weighted by Crippen LogP contribution is 2.30. The molecule has 0 radical (unpaired) electrons. The molecule has 3 aromatic rings. The summed E-state index contributed by atoms with van der Waals surface area (Å²) in [5.41, 5.74) is 1.20. The Labute approximate surface area is 130 Å². The first-order chi connectivity index (χ1) is 10.2. The van der Waals surface area contributed by atoms with Crippen molar-refractivity contribution in [2.75, 3.05) is 14.2 Å². The largest absolute Gasteiger partial charge is 0.493 e. The molecule has 0 amide bonds. The molecular weight excluding hydrogens is 304 g/mol. The lowest BCUT2D eigenvalue weighted by molar-refractivity contribution is 0.354. The van der Waals surface area contributed by atoms with Gasteiger partial charge in [0, 0.05) is 22.1 Å². The minimum Gasteiger partial charge on any atom is -0.493 e. The average Bonchev–Trinajstić information content (AvgIpc) is 2.96. The Hall–Kier alpha value is -1.85. The molecule has 0 aliphatic rings. The maximum absolute atomic E-state index is 12.0. The molecule has 0 aliphatic carbocycles. The molecule has 0 bridgehead atoms. The molecule has 3 rings (SSSR count). The summed E-state index contributed by atoms with van der Waals surface area (Å²) in [6.45, 7) is 0. The maximum atomic E-state index is 12.0. The minimum atomic E-state index is 0.106. The number of fused-ring (bicyclic) bond motifs is 1. The van der Waals surface area contributed by atoms with E-state index in [9.17, 15) is 4.79 Å². The summed E-state index contributed by atoms with van der Waals surface area (Å²) in [5.74, 6) is 1.42. The second kappa shape index (κ2) is 5.87. The zero-order valence-electron chi connectivity index (χ0n) is 11.7. The summed E-state index contributed by atoms with van der Waals surface area (Å²) >= 11 is 3.17. The standard InChI is InChI=1S/C16H14O3S2/c1-18-13-4-3-10(8-14(13)19-2)7-11-9-12(17)16-15(21-11)5-6-20-16/h3-6,8-9H,7H2,1-2H3. The molecule has 0 aliphatic heterocycles. The van der Waals surface area contributed by atoms with Crippen LogP contribution in [-0.2, 0) is 6.42 Å². The quantitative estimate of drug-likeness (QED) is 0.731. The van der Waals surface area contributed by atoms with Gasteiger partial charge in [0.05, 0.1) is 18.9 Å². The molecule has 2 aromatic heterocycles. The van der Waals surface area contributed by atoms with Gasteiger partial charge in [0.2, 0.25) is 0 Å². The van der Waals surface area contributed by atoms with E-state index in [1.165, 1.54) is 11.3 Å². The topological polar surface area (TPSA) is 35.5 Å². The van der Waals surface area contributed by atoms with Crippen LogP contribution in [0.1, 0.15) is 10.4 Å². The van der Waals surface area contributed by atoms with Crippen LogP contribution in [0.3, 0.4) is 0 Å². The zero-order chi connectivity index (χ0) is 14.8. The molecule has 0 unspecified atom stereocenters. The van der Waals surface area contributed by atoms with E-state index in [1.54, 1.807) is 31.6 Å². The highest BCUT2D eigenvalue weighted by Gasteiger charge is 2.08. The lowest BCUT2D eigenvalue weighted by Crippen LogP contribution is -1.99. The van der Waals surface area contributed by atoms with E-state index in [0.29, 0.717) is 17.9 Å². The maximum Gasteiger partial charge on any atom is 0.198 e. The fourth-order valence-corrected chi connectivity index (χ4v) is 4.29. The van der Waals surface area contributed by atoms with Crippen LogP contribution >= 0.6 is 22.7 Å². The smallest absolute Gasteiger partial charge is 0.198 e. The third kappa shape index (κ3) is 2.80. The minimum absolute atomic E-state index is 0.106. The Morgan fingerprint density at radius 2 is 1.86 bits per heavy atom. The monoisotopic (exact) mass is 318 g/mol. The predicted octanol–water partition coefficient (Wildman–Crippen LogP) is 3.93. The van der Waals surface area contributed by atoms with Crippen molar-refractivity contribution in [1.82, 2.24) is 0 Å². The number of methoxy groups -OCH3 is 2. The highest BCUT2D eigenvalue weighted by atomic mass is 32.1.